The van der Waals surface area contributed by atoms with Gasteiger partial charge in [0.2, 0.25) is 6.79 Å². The number of nitrogens with one attached hydrogen (secondary N) is 2. The third kappa shape index (κ3) is 6.92. The Morgan fingerprint density at radius 1 is 0.974 bits per heavy atom. The van der Waals surface area contributed by atoms with Crippen LogP contribution in [0.4, 0.5) is 21.9 Å². The summed E-state index contributed by atoms with van der Waals surface area (Å²) in [5.41, 5.74) is 8.62. The first-order valence-electron chi connectivity index (χ1n) is 12.8. The summed E-state index contributed by atoms with van der Waals surface area (Å²) in [5, 5.41) is 5.74. The average molecular weight is 519 g/mol. The third-order valence-corrected chi connectivity index (χ3v) is 6.35. The van der Waals surface area contributed by atoms with E-state index in [1.165, 1.54) is 0 Å². The van der Waals surface area contributed by atoms with Crippen LogP contribution in [0.2, 0.25) is 0 Å². The summed E-state index contributed by atoms with van der Waals surface area (Å²) >= 11 is 0. The quantitative estimate of drug-likeness (QED) is 0.321. The second-order valence-electron chi connectivity index (χ2n) is 8.89. The molecular formula is C28H34N6O4. The van der Waals surface area contributed by atoms with Gasteiger partial charge in [-0.15, -0.1) is 0 Å². The number of rotatable bonds is 11. The lowest BCUT2D eigenvalue weighted by Crippen LogP contribution is -2.37. The highest BCUT2D eigenvalue weighted by molar-refractivity contribution is 6.04. The first-order valence-corrected chi connectivity index (χ1v) is 12.8. The zero-order valence-corrected chi connectivity index (χ0v) is 21.8. The number of pyridine rings is 1. The summed E-state index contributed by atoms with van der Waals surface area (Å²) < 4.78 is 10.8. The molecule has 38 heavy (non-hydrogen) atoms. The van der Waals surface area contributed by atoms with E-state index < -0.39 is 0 Å². The van der Waals surface area contributed by atoms with Gasteiger partial charge in [0, 0.05) is 31.0 Å². The van der Waals surface area contributed by atoms with Gasteiger partial charge in [0.05, 0.1) is 11.4 Å². The molecule has 1 aromatic heterocycles. The minimum Gasteiger partial charge on any atom is -0.454 e. The first kappa shape index (κ1) is 26.7. The predicted octanol–water partition coefficient (Wildman–Crippen LogP) is 4.41. The number of ether oxygens (including phenoxy) is 2. The van der Waals surface area contributed by atoms with Gasteiger partial charge in [0.25, 0.3) is 5.91 Å². The Labute approximate surface area is 222 Å². The van der Waals surface area contributed by atoms with Gasteiger partial charge in [-0.3, -0.25) is 9.78 Å². The lowest BCUT2D eigenvalue weighted by atomic mass is 10.2. The van der Waals surface area contributed by atoms with Crippen LogP contribution in [0.15, 0.2) is 60.8 Å². The van der Waals surface area contributed by atoms with E-state index in [4.69, 9.17) is 15.2 Å². The highest BCUT2D eigenvalue weighted by Gasteiger charge is 2.18. The summed E-state index contributed by atoms with van der Waals surface area (Å²) in [5.74, 6) is 0.904. The van der Waals surface area contributed by atoms with Crippen LogP contribution in [-0.2, 0) is 6.54 Å². The Morgan fingerprint density at radius 3 is 2.50 bits per heavy atom. The molecule has 0 bridgehead atoms. The Bertz CT molecular complexity index is 1250. The van der Waals surface area contributed by atoms with Crippen LogP contribution in [0.1, 0.15) is 36.3 Å². The zero-order valence-electron chi connectivity index (χ0n) is 21.8. The molecule has 0 saturated carbocycles. The molecule has 4 rings (SSSR count). The number of carbonyl (C=O) groups excluding carboxylic acids is 2. The largest absolute Gasteiger partial charge is 0.454 e. The molecule has 0 spiro atoms. The lowest BCUT2D eigenvalue weighted by molar-refractivity contribution is 0.102. The van der Waals surface area contributed by atoms with Gasteiger partial charge < -0.3 is 35.6 Å². The summed E-state index contributed by atoms with van der Waals surface area (Å²) in [6.45, 7) is 8.14. The predicted molar refractivity (Wildman–Crippen MR) is 147 cm³/mol. The first-order chi connectivity index (χ1) is 18.5. The van der Waals surface area contributed by atoms with Crippen molar-refractivity contribution in [2.24, 2.45) is 0 Å². The van der Waals surface area contributed by atoms with Crippen LogP contribution in [-0.4, -0.2) is 59.7 Å². The number of carbonyl (C=O) groups is 2. The lowest BCUT2D eigenvalue weighted by Gasteiger charge is -2.25. The number of anilines is 3. The van der Waals surface area contributed by atoms with Crippen LogP contribution >= 0.6 is 0 Å². The minimum atomic E-state index is -0.355. The van der Waals surface area contributed by atoms with Crippen LogP contribution < -0.4 is 25.8 Å². The molecule has 10 heteroatoms. The molecule has 3 aromatic rings. The van der Waals surface area contributed by atoms with E-state index in [1.807, 2.05) is 6.07 Å². The van der Waals surface area contributed by atoms with Crippen molar-refractivity contribution < 1.29 is 19.1 Å². The monoisotopic (exact) mass is 518 g/mol. The molecule has 4 N–H and O–H groups in total. The fourth-order valence-corrected chi connectivity index (χ4v) is 4.12. The number of nitrogen functional groups attached to an aromatic ring is 1. The van der Waals surface area contributed by atoms with Crippen molar-refractivity contribution >= 4 is 29.0 Å². The molecule has 1 aliphatic heterocycles. The van der Waals surface area contributed by atoms with Gasteiger partial charge in [-0.2, -0.15) is 0 Å². The van der Waals surface area contributed by atoms with Crippen molar-refractivity contribution in [1.82, 2.24) is 14.8 Å². The average Bonchev–Trinajstić information content (AvgIpc) is 3.40. The number of urea groups is 1. The molecule has 3 amide bonds. The Balaban J connectivity index is 1.42. The van der Waals surface area contributed by atoms with Gasteiger partial charge in [-0.05, 0) is 62.0 Å². The van der Waals surface area contributed by atoms with Crippen molar-refractivity contribution in [3.05, 3.63) is 72.1 Å². The van der Waals surface area contributed by atoms with Crippen molar-refractivity contribution in [1.29, 1.82) is 0 Å². The molecule has 200 valence electrons. The Morgan fingerprint density at radius 2 is 1.76 bits per heavy atom. The summed E-state index contributed by atoms with van der Waals surface area (Å²) in [6, 6.07) is 15.6. The Hall–Kier alpha value is -4.31. The number of benzene rings is 2. The number of aromatic nitrogens is 1. The van der Waals surface area contributed by atoms with Crippen LogP contribution in [0.3, 0.4) is 0 Å². The number of hydrogen-bond donors (Lipinski definition) is 3. The normalized spacial score (nSPS) is 11.9. The standard InChI is InChI=1S/C28H34N6O4/c1-3-33(4-2)14-7-15-34(28(36)31-21-11-13-25-26(16-21)38-19-37-25)18-20-10-12-24(30-17-20)27(35)32-23-9-6-5-8-22(23)29/h5-6,8-13,16-17H,3-4,7,14-15,18-19,29H2,1-2H3,(H,31,36)(H,32,35). The van der Waals surface area contributed by atoms with E-state index in [-0.39, 0.29) is 24.4 Å². The van der Waals surface area contributed by atoms with Gasteiger partial charge >= 0.3 is 6.03 Å². The van der Waals surface area contributed by atoms with E-state index in [0.717, 1.165) is 31.6 Å². The number of para-hydroxylation sites is 2. The van der Waals surface area contributed by atoms with Crippen LogP contribution in [0, 0.1) is 0 Å². The Kier molecular flexibility index (Phi) is 8.99. The zero-order chi connectivity index (χ0) is 26.9. The minimum absolute atomic E-state index is 0.171. The second kappa shape index (κ2) is 12.8. The van der Waals surface area contributed by atoms with E-state index in [9.17, 15) is 9.59 Å². The van der Waals surface area contributed by atoms with Gasteiger partial charge in [0.1, 0.15) is 5.69 Å². The van der Waals surface area contributed by atoms with E-state index in [0.29, 0.717) is 41.7 Å². The van der Waals surface area contributed by atoms with Crippen molar-refractivity contribution in [3.63, 3.8) is 0 Å². The van der Waals surface area contributed by atoms with Crippen molar-refractivity contribution in [3.8, 4) is 11.5 Å². The molecule has 2 heterocycles. The molecule has 0 atom stereocenters. The van der Waals surface area contributed by atoms with E-state index in [1.54, 1.807) is 59.6 Å². The molecule has 2 aromatic carbocycles. The molecule has 0 fully saturated rings. The van der Waals surface area contributed by atoms with Crippen LogP contribution in [0.25, 0.3) is 0 Å². The molecule has 0 saturated heterocycles. The van der Waals surface area contributed by atoms with Gasteiger partial charge in [0.15, 0.2) is 11.5 Å². The maximum atomic E-state index is 13.3. The molecule has 10 nitrogen and oxygen atoms in total. The maximum absolute atomic E-state index is 13.3. The molecule has 0 unspecified atom stereocenters. The van der Waals surface area contributed by atoms with E-state index in [2.05, 4.69) is 34.4 Å². The van der Waals surface area contributed by atoms with Gasteiger partial charge in [-0.25, -0.2) is 4.79 Å². The smallest absolute Gasteiger partial charge is 0.322 e. The van der Waals surface area contributed by atoms with Crippen LogP contribution in [0.5, 0.6) is 11.5 Å². The SMILES string of the molecule is CCN(CC)CCCN(Cc1ccc(C(=O)Nc2ccccc2N)nc1)C(=O)Nc1ccc2c(c1)OCO2. The number of amides is 3. The highest BCUT2D eigenvalue weighted by atomic mass is 16.7. The third-order valence-electron chi connectivity index (χ3n) is 6.35. The van der Waals surface area contributed by atoms with E-state index >= 15 is 0 Å². The number of fused-ring (bicyclic) bond motifs is 1. The second-order valence-corrected chi connectivity index (χ2v) is 8.89. The highest BCUT2D eigenvalue weighted by Crippen LogP contribution is 2.34. The summed E-state index contributed by atoms with van der Waals surface area (Å²) in [7, 11) is 0. The number of nitrogens with zero attached hydrogens (tertiary/aromatic N) is 3. The topological polar surface area (TPSA) is 122 Å². The van der Waals surface area contributed by atoms with Gasteiger partial charge in [-0.1, -0.05) is 32.0 Å². The molecule has 0 aliphatic carbocycles. The molecule has 1 aliphatic rings. The summed E-state index contributed by atoms with van der Waals surface area (Å²) in [6.07, 6.45) is 2.44. The maximum Gasteiger partial charge on any atom is 0.322 e. The number of nitrogens with two attached hydrogens (primary N) is 1. The number of hydrogen-bond acceptors (Lipinski definition) is 7. The van der Waals surface area contributed by atoms with Crippen molar-refractivity contribution in [2.75, 3.05) is 49.3 Å². The fraction of sp³-hybridized carbons (Fsp3) is 0.321. The summed E-state index contributed by atoms with van der Waals surface area (Å²) in [4.78, 5) is 34.3. The molecular weight excluding hydrogens is 484 g/mol. The molecule has 0 radical (unpaired) electrons. The fourth-order valence-electron chi connectivity index (χ4n) is 4.12. The van der Waals surface area contributed by atoms with Crippen molar-refractivity contribution in [2.45, 2.75) is 26.8 Å².